The van der Waals surface area contributed by atoms with Crippen LogP contribution in [0.5, 0.6) is 0 Å². The van der Waals surface area contributed by atoms with Crippen LogP contribution in [0.3, 0.4) is 0 Å². The molecule has 0 unspecified atom stereocenters. The molecular weight excluding hydrogens is 394 g/mol. The number of hydrogen-bond donors (Lipinski definition) is 0. The van der Waals surface area contributed by atoms with Crippen LogP contribution in [-0.4, -0.2) is 64.8 Å². The lowest BCUT2D eigenvalue weighted by Crippen LogP contribution is -2.49. The van der Waals surface area contributed by atoms with Crippen LogP contribution >= 0.6 is 0 Å². The number of rotatable bonds is 7. The van der Waals surface area contributed by atoms with Crippen LogP contribution in [0.2, 0.25) is 0 Å². The molecule has 10 heteroatoms. The molecule has 3 rings (SSSR count). The summed E-state index contributed by atoms with van der Waals surface area (Å²) in [5.41, 5.74) is 0.299. The number of benzene rings is 1. The van der Waals surface area contributed by atoms with E-state index in [0.29, 0.717) is 37.7 Å². The highest BCUT2D eigenvalue weighted by Crippen LogP contribution is 2.25. The molecule has 0 saturated carbocycles. The third-order valence-corrected chi connectivity index (χ3v) is 7.29. The highest BCUT2D eigenvalue weighted by Gasteiger charge is 2.30. The SMILES string of the molecule is Cc1ccc([N+](=O)[O-])cc1S(=O)(=O)N1CCN(CCn2ccnc2C(C)C)CC1. The van der Waals surface area contributed by atoms with Crippen molar-refractivity contribution in [2.24, 2.45) is 0 Å². The van der Waals surface area contributed by atoms with Crippen LogP contribution in [-0.2, 0) is 16.6 Å². The van der Waals surface area contributed by atoms with E-state index in [4.69, 9.17) is 0 Å². The first kappa shape index (κ1) is 21.4. The van der Waals surface area contributed by atoms with Crippen molar-refractivity contribution in [1.29, 1.82) is 0 Å². The molecule has 0 N–H and O–H groups in total. The minimum absolute atomic E-state index is 0.0140. The molecule has 1 fully saturated rings. The molecule has 158 valence electrons. The maximum absolute atomic E-state index is 13.0. The van der Waals surface area contributed by atoms with E-state index in [-0.39, 0.29) is 10.6 Å². The number of aromatic nitrogens is 2. The smallest absolute Gasteiger partial charge is 0.270 e. The Morgan fingerprint density at radius 3 is 2.48 bits per heavy atom. The number of sulfonamides is 1. The van der Waals surface area contributed by atoms with Crippen molar-refractivity contribution >= 4 is 15.7 Å². The highest BCUT2D eigenvalue weighted by atomic mass is 32.2. The Hall–Kier alpha value is -2.30. The molecule has 1 aliphatic rings. The third-order valence-electron chi connectivity index (χ3n) is 5.25. The monoisotopic (exact) mass is 421 g/mol. The molecule has 9 nitrogen and oxygen atoms in total. The summed E-state index contributed by atoms with van der Waals surface area (Å²) >= 11 is 0. The van der Waals surface area contributed by atoms with Gasteiger partial charge >= 0.3 is 0 Å². The van der Waals surface area contributed by atoms with Gasteiger partial charge in [0.05, 0.1) is 9.82 Å². The van der Waals surface area contributed by atoms with Gasteiger partial charge in [-0.25, -0.2) is 13.4 Å². The quantitative estimate of drug-likeness (QED) is 0.502. The summed E-state index contributed by atoms with van der Waals surface area (Å²) < 4.78 is 29.6. The summed E-state index contributed by atoms with van der Waals surface area (Å²) in [4.78, 5) is 17.1. The van der Waals surface area contributed by atoms with Gasteiger partial charge in [0.2, 0.25) is 10.0 Å². The van der Waals surface area contributed by atoms with Crippen molar-refractivity contribution in [2.45, 2.75) is 38.1 Å². The van der Waals surface area contributed by atoms with Crippen molar-refractivity contribution in [3.8, 4) is 0 Å². The average molecular weight is 422 g/mol. The molecule has 2 heterocycles. The van der Waals surface area contributed by atoms with Crippen molar-refractivity contribution in [1.82, 2.24) is 18.8 Å². The summed E-state index contributed by atoms with van der Waals surface area (Å²) in [5.74, 6) is 1.40. The number of non-ortho nitro benzene ring substituents is 1. The number of nitrogens with zero attached hydrogens (tertiary/aromatic N) is 5. The topological polar surface area (TPSA) is 102 Å². The molecule has 0 radical (unpaired) electrons. The first-order valence-corrected chi connectivity index (χ1v) is 11.1. The number of imidazole rings is 1. The van der Waals surface area contributed by atoms with Crippen LogP contribution in [0.4, 0.5) is 5.69 Å². The second kappa shape index (κ2) is 8.60. The second-order valence-electron chi connectivity index (χ2n) is 7.59. The molecule has 0 aliphatic carbocycles. The summed E-state index contributed by atoms with van der Waals surface area (Å²) in [7, 11) is -3.76. The van der Waals surface area contributed by atoms with Gasteiger partial charge in [-0.05, 0) is 12.5 Å². The van der Waals surface area contributed by atoms with E-state index in [1.54, 1.807) is 13.1 Å². The van der Waals surface area contributed by atoms with Gasteiger partial charge in [-0.2, -0.15) is 4.31 Å². The first-order chi connectivity index (χ1) is 13.7. The maximum Gasteiger partial charge on any atom is 0.270 e. The Morgan fingerprint density at radius 1 is 1.17 bits per heavy atom. The number of hydrogen-bond acceptors (Lipinski definition) is 6. The van der Waals surface area contributed by atoms with E-state index in [9.17, 15) is 18.5 Å². The summed E-state index contributed by atoms with van der Waals surface area (Å²) in [5, 5.41) is 11.0. The largest absolute Gasteiger partial charge is 0.333 e. The molecule has 1 aromatic carbocycles. The van der Waals surface area contributed by atoms with Gasteiger partial charge in [0.25, 0.3) is 5.69 Å². The number of piperazine rings is 1. The van der Waals surface area contributed by atoms with Gasteiger partial charge in [-0.1, -0.05) is 19.9 Å². The van der Waals surface area contributed by atoms with Gasteiger partial charge in [-0.3, -0.25) is 15.0 Å². The van der Waals surface area contributed by atoms with E-state index in [1.165, 1.54) is 16.4 Å². The molecule has 0 bridgehead atoms. The highest BCUT2D eigenvalue weighted by molar-refractivity contribution is 7.89. The van der Waals surface area contributed by atoms with Crippen molar-refractivity contribution in [2.75, 3.05) is 32.7 Å². The van der Waals surface area contributed by atoms with Crippen LogP contribution in [0.1, 0.15) is 31.2 Å². The molecule has 2 aromatic rings. The summed E-state index contributed by atoms with van der Waals surface area (Å²) in [6.07, 6.45) is 3.78. The van der Waals surface area contributed by atoms with E-state index in [0.717, 1.165) is 25.0 Å². The first-order valence-electron chi connectivity index (χ1n) is 9.68. The van der Waals surface area contributed by atoms with Crippen LogP contribution < -0.4 is 0 Å². The molecular formula is C19H27N5O4S. The number of nitro benzene ring substituents is 1. The van der Waals surface area contributed by atoms with Gasteiger partial charge in [0, 0.05) is 69.7 Å². The lowest BCUT2D eigenvalue weighted by molar-refractivity contribution is -0.385. The summed E-state index contributed by atoms with van der Waals surface area (Å²) in [6.45, 7) is 9.49. The molecule has 1 saturated heterocycles. The molecule has 0 amide bonds. The standard InChI is InChI=1S/C19H27N5O4S/c1-15(2)19-20-6-7-22(19)11-8-21-9-12-23(13-10-21)29(27,28)18-14-17(24(25)26)5-4-16(18)3/h4-7,14-15H,8-13H2,1-3H3. The normalized spacial score (nSPS) is 16.4. The van der Waals surface area contributed by atoms with Gasteiger partial charge in [0.15, 0.2) is 0 Å². The van der Waals surface area contributed by atoms with Crippen molar-refractivity contribution < 1.29 is 13.3 Å². The van der Waals surface area contributed by atoms with Crippen LogP contribution in [0.25, 0.3) is 0 Å². The summed E-state index contributed by atoms with van der Waals surface area (Å²) in [6, 6.07) is 3.97. The zero-order chi connectivity index (χ0) is 21.2. The Morgan fingerprint density at radius 2 is 1.86 bits per heavy atom. The van der Waals surface area contributed by atoms with Crippen LogP contribution in [0, 0.1) is 17.0 Å². The van der Waals surface area contributed by atoms with E-state index >= 15 is 0 Å². The predicted molar refractivity (Wildman–Crippen MR) is 109 cm³/mol. The maximum atomic E-state index is 13.0. The Balaban J connectivity index is 1.63. The molecule has 0 spiro atoms. The zero-order valence-corrected chi connectivity index (χ0v) is 17.8. The second-order valence-corrected chi connectivity index (χ2v) is 9.49. The average Bonchev–Trinajstić information content (AvgIpc) is 3.15. The minimum Gasteiger partial charge on any atom is -0.333 e. The van der Waals surface area contributed by atoms with E-state index in [2.05, 4.69) is 28.3 Å². The van der Waals surface area contributed by atoms with Crippen LogP contribution in [0.15, 0.2) is 35.5 Å². The fourth-order valence-corrected chi connectivity index (χ4v) is 5.24. The third kappa shape index (κ3) is 4.65. The molecule has 29 heavy (non-hydrogen) atoms. The van der Waals surface area contributed by atoms with Gasteiger partial charge in [0.1, 0.15) is 5.82 Å². The minimum atomic E-state index is -3.76. The fraction of sp³-hybridized carbons (Fsp3) is 0.526. The Labute approximate surface area is 171 Å². The van der Waals surface area contributed by atoms with Crippen molar-refractivity contribution in [3.05, 3.63) is 52.1 Å². The lowest BCUT2D eigenvalue weighted by atomic mass is 10.2. The van der Waals surface area contributed by atoms with Gasteiger partial charge in [-0.15, -0.1) is 0 Å². The Bertz CT molecular complexity index is 978. The lowest BCUT2D eigenvalue weighted by Gasteiger charge is -2.34. The number of nitro groups is 1. The zero-order valence-electron chi connectivity index (χ0n) is 17.0. The van der Waals surface area contributed by atoms with Crippen molar-refractivity contribution in [3.63, 3.8) is 0 Å². The van der Waals surface area contributed by atoms with Gasteiger partial charge < -0.3 is 4.57 Å². The number of aryl methyl sites for hydroxylation is 1. The Kier molecular flexibility index (Phi) is 6.35. The van der Waals surface area contributed by atoms with E-state index in [1.807, 2.05) is 6.20 Å². The molecule has 1 aliphatic heterocycles. The molecule has 0 atom stereocenters. The fourth-order valence-electron chi connectivity index (χ4n) is 3.57. The predicted octanol–water partition coefficient (Wildman–Crippen LogP) is 2.23. The molecule has 1 aromatic heterocycles. The van der Waals surface area contributed by atoms with E-state index < -0.39 is 14.9 Å².